The fraction of sp³-hybridized carbons (Fsp3) is 0.429. The lowest BCUT2D eigenvalue weighted by Gasteiger charge is -2.22. The van der Waals surface area contributed by atoms with Crippen molar-refractivity contribution in [2.75, 3.05) is 13.1 Å². The summed E-state index contributed by atoms with van der Waals surface area (Å²) in [5, 5.41) is 5.15. The summed E-state index contributed by atoms with van der Waals surface area (Å²) in [5.74, 6) is -0.247. The van der Waals surface area contributed by atoms with Gasteiger partial charge in [0.2, 0.25) is 0 Å². The first-order valence-electron chi connectivity index (χ1n) is 9.91. The van der Waals surface area contributed by atoms with E-state index >= 15 is 0 Å². The van der Waals surface area contributed by atoms with Gasteiger partial charge in [0, 0.05) is 48.4 Å². The van der Waals surface area contributed by atoms with Crippen molar-refractivity contribution in [2.24, 2.45) is 0 Å². The van der Waals surface area contributed by atoms with Crippen molar-refractivity contribution >= 4 is 22.3 Å². The Bertz CT molecular complexity index is 945. The van der Waals surface area contributed by atoms with E-state index in [2.05, 4.69) is 27.0 Å². The van der Waals surface area contributed by atoms with Gasteiger partial charge < -0.3 is 10.2 Å². The first-order valence-corrected chi connectivity index (χ1v) is 10.8. The number of nitrogens with one attached hydrogen (secondary N) is 1. The van der Waals surface area contributed by atoms with Crippen LogP contribution in [0.5, 0.6) is 0 Å². The lowest BCUT2D eigenvalue weighted by atomic mass is 10.2. The predicted octanol–water partition coefficient (Wildman–Crippen LogP) is 4.72. The van der Waals surface area contributed by atoms with Gasteiger partial charge in [0.25, 0.3) is 0 Å². The van der Waals surface area contributed by atoms with E-state index in [0.717, 1.165) is 60.6 Å². The molecule has 1 N–H and O–H groups in total. The Morgan fingerprint density at radius 1 is 1.36 bits per heavy atom. The molecule has 148 valence electrons. The zero-order chi connectivity index (χ0) is 19.5. The van der Waals surface area contributed by atoms with E-state index in [1.54, 1.807) is 23.5 Å². The van der Waals surface area contributed by atoms with Crippen LogP contribution in [0, 0.1) is 5.82 Å². The highest BCUT2D eigenvalue weighted by Crippen LogP contribution is 2.28. The summed E-state index contributed by atoms with van der Waals surface area (Å²) < 4.78 is 15.2. The zero-order valence-electron chi connectivity index (χ0n) is 16.0. The van der Waals surface area contributed by atoms with Gasteiger partial charge >= 0.3 is 6.03 Å². The maximum atomic E-state index is 13.2. The number of carbonyl (C=O) groups excluding carboxylic acids is 1. The van der Waals surface area contributed by atoms with Crippen molar-refractivity contribution in [1.29, 1.82) is 0 Å². The normalized spacial score (nSPS) is 13.8. The van der Waals surface area contributed by atoms with E-state index in [4.69, 9.17) is 0 Å². The molecule has 0 atom stereocenters. The quantitative estimate of drug-likeness (QED) is 0.556. The molecule has 3 aromatic rings. The lowest BCUT2D eigenvalue weighted by molar-refractivity contribution is 0.195. The van der Waals surface area contributed by atoms with Gasteiger partial charge in [-0.15, -0.1) is 11.3 Å². The second kappa shape index (κ2) is 8.31. The van der Waals surface area contributed by atoms with Gasteiger partial charge in [-0.1, -0.05) is 13.3 Å². The number of amides is 2. The molecule has 0 spiro atoms. The fourth-order valence-corrected chi connectivity index (χ4v) is 4.22. The van der Waals surface area contributed by atoms with Crippen LogP contribution >= 0.6 is 11.3 Å². The van der Waals surface area contributed by atoms with Crippen molar-refractivity contribution in [3.05, 3.63) is 47.4 Å². The summed E-state index contributed by atoms with van der Waals surface area (Å²) in [4.78, 5) is 20.1. The number of urea groups is 1. The van der Waals surface area contributed by atoms with E-state index in [9.17, 15) is 9.18 Å². The van der Waals surface area contributed by atoms with Gasteiger partial charge in [-0.05, 0) is 43.5 Å². The molecule has 2 amide bonds. The number of fused-ring (bicyclic) bond motifs is 1. The first-order chi connectivity index (χ1) is 13.7. The summed E-state index contributed by atoms with van der Waals surface area (Å²) in [6.45, 7) is 3.57. The van der Waals surface area contributed by atoms with E-state index in [0.29, 0.717) is 12.6 Å². The molecule has 7 heteroatoms. The average Bonchev–Trinajstić information content (AvgIpc) is 3.32. The Hall–Kier alpha value is -2.41. The van der Waals surface area contributed by atoms with Gasteiger partial charge in [-0.25, -0.2) is 14.2 Å². The molecule has 2 aromatic heterocycles. The molecule has 0 aliphatic heterocycles. The van der Waals surface area contributed by atoms with Gasteiger partial charge in [0.1, 0.15) is 5.82 Å². The molecule has 28 heavy (non-hydrogen) atoms. The van der Waals surface area contributed by atoms with Crippen LogP contribution in [0.25, 0.3) is 16.2 Å². The summed E-state index contributed by atoms with van der Waals surface area (Å²) in [6, 6.07) is 6.84. The molecular weight excluding hydrogens is 375 g/mol. The van der Waals surface area contributed by atoms with Crippen molar-refractivity contribution < 1.29 is 9.18 Å². The van der Waals surface area contributed by atoms with Crippen LogP contribution in [-0.2, 0) is 6.42 Å². The van der Waals surface area contributed by atoms with Crippen LogP contribution in [0.4, 0.5) is 9.18 Å². The van der Waals surface area contributed by atoms with Crippen molar-refractivity contribution in [3.8, 4) is 11.3 Å². The van der Waals surface area contributed by atoms with Gasteiger partial charge in [-0.2, -0.15) is 0 Å². The maximum Gasteiger partial charge on any atom is 0.317 e. The smallest absolute Gasteiger partial charge is 0.317 e. The number of halogens is 1. The largest absolute Gasteiger partial charge is 0.338 e. The molecule has 5 nitrogen and oxygen atoms in total. The fourth-order valence-electron chi connectivity index (χ4n) is 3.31. The number of carbonyl (C=O) groups is 1. The number of hydrogen-bond donors (Lipinski definition) is 1. The SMILES string of the molecule is CCCCNC(=O)N(CCc1csc2nc(-c3ccc(F)cc3)cn12)C1CC1. The molecule has 1 fully saturated rings. The molecule has 1 aliphatic carbocycles. The van der Waals surface area contributed by atoms with E-state index in [-0.39, 0.29) is 11.8 Å². The highest BCUT2D eigenvalue weighted by atomic mass is 32.1. The summed E-state index contributed by atoms with van der Waals surface area (Å²) in [6.07, 6.45) is 7.07. The van der Waals surface area contributed by atoms with Crippen LogP contribution < -0.4 is 5.32 Å². The predicted molar refractivity (Wildman–Crippen MR) is 110 cm³/mol. The molecule has 4 rings (SSSR count). The Morgan fingerprint density at radius 2 is 2.14 bits per heavy atom. The number of benzene rings is 1. The second-order valence-corrected chi connectivity index (χ2v) is 8.11. The first kappa shape index (κ1) is 18.9. The Kier molecular flexibility index (Phi) is 5.62. The lowest BCUT2D eigenvalue weighted by Crippen LogP contribution is -2.42. The van der Waals surface area contributed by atoms with Crippen LogP contribution in [0.3, 0.4) is 0 Å². The monoisotopic (exact) mass is 400 g/mol. The molecular formula is C21H25FN4OS. The molecule has 1 saturated carbocycles. The molecule has 1 aliphatic rings. The Labute approximate surface area is 168 Å². The third-order valence-electron chi connectivity index (χ3n) is 5.09. The number of imidazole rings is 1. The van der Waals surface area contributed by atoms with Crippen LogP contribution in [-0.4, -0.2) is 39.4 Å². The second-order valence-electron chi connectivity index (χ2n) is 7.27. The van der Waals surface area contributed by atoms with E-state index in [1.165, 1.54) is 12.1 Å². The maximum absolute atomic E-state index is 13.2. The average molecular weight is 401 g/mol. The number of aromatic nitrogens is 2. The highest BCUT2D eigenvalue weighted by Gasteiger charge is 2.32. The minimum atomic E-state index is -0.247. The topological polar surface area (TPSA) is 49.6 Å². The summed E-state index contributed by atoms with van der Waals surface area (Å²) in [5.41, 5.74) is 2.88. The van der Waals surface area contributed by atoms with Crippen LogP contribution in [0.2, 0.25) is 0 Å². The highest BCUT2D eigenvalue weighted by molar-refractivity contribution is 7.15. The molecule has 0 radical (unpaired) electrons. The molecule has 0 saturated heterocycles. The molecule has 1 aromatic carbocycles. The number of unbranched alkanes of at least 4 members (excludes halogenated alkanes) is 1. The van der Waals surface area contributed by atoms with Crippen LogP contribution in [0.15, 0.2) is 35.8 Å². The third kappa shape index (κ3) is 4.19. The van der Waals surface area contributed by atoms with Gasteiger partial charge in [0.15, 0.2) is 4.96 Å². The van der Waals surface area contributed by atoms with E-state index < -0.39 is 0 Å². The Balaban J connectivity index is 1.45. The van der Waals surface area contributed by atoms with Gasteiger partial charge in [0.05, 0.1) is 5.69 Å². The minimum Gasteiger partial charge on any atom is -0.338 e. The van der Waals surface area contributed by atoms with Crippen molar-refractivity contribution in [3.63, 3.8) is 0 Å². The number of hydrogen-bond acceptors (Lipinski definition) is 3. The molecule has 0 bridgehead atoms. The summed E-state index contributed by atoms with van der Waals surface area (Å²) >= 11 is 1.59. The zero-order valence-corrected chi connectivity index (χ0v) is 16.8. The van der Waals surface area contributed by atoms with Gasteiger partial charge in [-0.3, -0.25) is 4.40 Å². The standard InChI is InChI=1S/C21H25FN4OS/c1-2-3-11-23-20(27)25(17-8-9-17)12-10-18-14-28-21-24-19(13-26(18)21)15-4-6-16(22)7-5-15/h4-7,13-14,17H,2-3,8-12H2,1H3,(H,23,27). The number of thiazole rings is 1. The third-order valence-corrected chi connectivity index (χ3v) is 5.98. The van der Waals surface area contributed by atoms with Crippen molar-refractivity contribution in [2.45, 2.75) is 45.1 Å². The molecule has 2 heterocycles. The minimum absolute atomic E-state index is 0.0556. The van der Waals surface area contributed by atoms with Crippen molar-refractivity contribution in [1.82, 2.24) is 19.6 Å². The number of rotatable bonds is 8. The van der Waals surface area contributed by atoms with E-state index in [1.807, 2.05) is 11.1 Å². The molecule has 0 unspecified atom stereocenters. The Morgan fingerprint density at radius 3 is 2.86 bits per heavy atom. The number of nitrogens with zero attached hydrogens (tertiary/aromatic N) is 3. The summed E-state index contributed by atoms with van der Waals surface area (Å²) in [7, 11) is 0. The van der Waals surface area contributed by atoms with Crippen LogP contribution in [0.1, 0.15) is 38.3 Å².